The van der Waals surface area contributed by atoms with E-state index in [0.717, 1.165) is 17.6 Å². The number of rotatable bonds is 1. The zero-order chi connectivity index (χ0) is 13.7. The Bertz CT molecular complexity index is 709. The van der Waals surface area contributed by atoms with Crippen LogP contribution in [0.2, 0.25) is 0 Å². The highest BCUT2D eigenvalue weighted by molar-refractivity contribution is 5.73. The molecule has 20 heavy (non-hydrogen) atoms. The van der Waals surface area contributed by atoms with Crippen molar-refractivity contribution < 1.29 is 4.42 Å². The Labute approximate surface area is 117 Å². The van der Waals surface area contributed by atoms with E-state index in [9.17, 15) is 4.79 Å². The second-order valence-corrected chi connectivity index (χ2v) is 6.40. The molecule has 0 radical (unpaired) electrons. The summed E-state index contributed by atoms with van der Waals surface area (Å²) in [6, 6.07) is 6.25. The van der Waals surface area contributed by atoms with Crippen LogP contribution < -0.4 is 11.1 Å². The molecule has 4 heteroatoms. The van der Waals surface area contributed by atoms with Crippen LogP contribution in [0.4, 0.5) is 0 Å². The molecule has 1 atom stereocenters. The monoisotopic (exact) mass is 272 g/mol. The summed E-state index contributed by atoms with van der Waals surface area (Å²) >= 11 is 0. The topological polar surface area (TPSA) is 47.2 Å². The Hall–Kier alpha value is -1.55. The van der Waals surface area contributed by atoms with E-state index >= 15 is 0 Å². The largest absolute Gasteiger partial charge is 0.419 e. The van der Waals surface area contributed by atoms with Gasteiger partial charge in [0.1, 0.15) is 0 Å². The summed E-state index contributed by atoms with van der Waals surface area (Å²) in [5.74, 6) is 0.310. The second-order valence-electron chi connectivity index (χ2n) is 6.40. The van der Waals surface area contributed by atoms with Crippen LogP contribution in [0.3, 0.4) is 0 Å². The molecular weight excluding hydrogens is 252 g/mol. The minimum Gasteiger partial charge on any atom is -0.408 e. The molecule has 1 aliphatic carbocycles. The van der Waals surface area contributed by atoms with Gasteiger partial charge in [-0.25, -0.2) is 4.79 Å². The van der Waals surface area contributed by atoms with Crippen molar-refractivity contribution >= 4 is 11.1 Å². The van der Waals surface area contributed by atoms with E-state index in [2.05, 4.69) is 17.4 Å². The number of aryl methyl sites for hydroxylation is 1. The maximum Gasteiger partial charge on any atom is 0.419 e. The summed E-state index contributed by atoms with van der Waals surface area (Å²) in [5.41, 5.74) is 3.32. The van der Waals surface area contributed by atoms with Gasteiger partial charge in [0.2, 0.25) is 0 Å². The van der Waals surface area contributed by atoms with Gasteiger partial charge in [0.05, 0.1) is 5.52 Å². The molecule has 1 saturated heterocycles. The molecule has 1 aromatic carbocycles. The van der Waals surface area contributed by atoms with E-state index in [1.54, 1.807) is 11.6 Å². The first kappa shape index (κ1) is 12.2. The molecule has 2 fully saturated rings. The van der Waals surface area contributed by atoms with Crippen LogP contribution in [-0.4, -0.2) is 16.7 Å². The predicted octanol–water partition coefficient (Wildman–Crippen LogP) is 2.52. The fourth-order valence-electron chi connectivity index (χ4n) is 3.83. The van der Waals surface area contributed by atoms with E-state index in [4.69, 9.17) is 4.42 Å². The van der Waals surface area contributed by atoms with Gasteiger partial charge in [-0.2, -0.15) is 0 Å². The average Bonchev–Trinajstić information content (AvgIpc) is 2.72. The Morgan fingerprint density at radius 1 is 1.40 bits per heavy atom. The van der Waals surface area contributed by atoms with Crippen molar-refractivity contribution in [1.82, 2.24) is 9.88 Å². The summed E-state index contributed by atoms with van der Waals surface area (Å²) in [6.45, 7) is 1.10. The van der Waals surface area contributed by atoms with Crippen molar-refractivity contribution in [2.45, 2.75) is 43.6 Å². The highest BCUT2D eigenvalue weighted by Gasteiger charge is 2.41. The number of piperidine rings is 1. The lowest BCUT2D eigenvalue weighted by molar-refractivity contribution is 0.129. The highest BCUT2D eigenvalue weighted by Crippen LogP contribution is 2.43. The minimum absolute atomic E-state index is 0.280. The predicted molar refractivity (Wildman–Crippen MR) is 78.0 cm³/mol. The van der Waals surface area contributed by atoms with Crippen molar-refractivity contribution in [2.75, 3.05) is 6.54 Å². The fourth-order valence-corrected chi connectivity index (χ4v) is 3.83. The fraction of sp³-hybridized carbons (Fsp3) is 0.562. The van der Waals surface area contributed by atoms with Crippen molar-refractivity contribution in [1.29, 1.82) is 0 Å². The van der Waals surface area contributed by atoms with Gasteiger partial charge in [-0.1, -0.05) is 6.07 Å². The number of benzene rings is 1. The first-order chi connectivity index (χ1) is 9.67. The number of hydrogen-bond donors (Lipinski definition) is 1. The summed E-state index contributed by atoms with van der Waals surface area (Å²) in [7, 11) is 1.75. The van der Waals surface area contributed by atoms with Crippen LogP contribution in [0.15, 0.2) is 27.4 Å². The number of hydrogen-bond acceptors (Lipinski definition) is 3. The third kappa shape index (κ3) is 1.74. The first-order valence-electron chi connectivity index (χ1n) is 7.51. The van der Waals surface area contributed by atoms with Gasteiger partial charge in [0, 0.05) is 12.6 Å². The zero-order valence-corrected chi connectivity index (χ0v) is 11.8. The standard InChI is InChI=1S/C16H20N2O2/c1-18-13-4-3-11(9-14(13)20-15(18)19)12-5-8-17-16(10-12)6-2-7-16/h3-4,9,12,17H,2,5-8,10H2,1H3. The van der Waals surface area contributed by atoms with Crippen molar-refractivity contribution in [2.24, 2.45) is 7.05 Å². The van der Waals surface area contributed by atoms with Crippen molar-refractivity contribution in [3.05, 3.63) is 34.3 Å². The molecule has 1 aromatic heterocycles. The first-order valence-corrected chi connectivity index (χ1v) is 7.51. The van der Waals surface area contributed by atoms with Crippen LogP contribution in [-0.2, 0) is 7.05 Å². The molecule has 1 unspecified atom stereocenters. The van der Waals surface area contributed by atoms with Crippen LogP contribution in [0, 0.1) is 0 Å². The van der Waals surface area contributed by atoms with Gasteiger partial charge in [-0.3, -0.25) is 4.57 Å². The molecular formula is C16H20N2O2. The van der Waals surface area contributed by atoms with Crippen LogP contribution in [0.5, 0.6) is 0 Å². The van der Waals surface area contributed by atoms with E-state index in [0.29, 0.717) is 11.5 Å². The van der Waals surface area contributed by atoms with Gasteiger partial charge >= 0.3 is 5.76 Å². The quantitative estimate of drug-likeness (QED) is 0.867. The number of oxazole rings is 1. The summed E-state index contributed by atoms with van der Waals surface area (Å²) in [4.78, 5) is 11.6. The molecule has 1 saturated carbocycles. The molecule has 0 amide bonds. The van der Waals surface area contributed by atoms with Crippen LogP contribution in [0.1, 0.15) is 43.6 Å². The SMILES string of the molecule is Cn1c(=O)oc2cc(C3CCNC4(CCC4)C3)ccc21. The molecule has 1 aliphatic heterocycles. The van der Waals surface area contributed by atoms with Gasteiger partial charge in [-0.05, 0) is 62.3 Å². The molecule has 2 aliphatic rings. The van der Waals surface area contributed by atoms with Crippen molar-refractivity contribution in [3.63, 3.8) is 0 Å². The number of nitrogens with one attached hydrogen (secondary N) is 1. The van der Waals surface area contributed by atoms with Crippen LogP contribution in [0.25, 0.3) is 11.1 Å². The molecule has 1 N–H and O–H groups in total. The molecule has 106 valence electrons. The summed E-state index contributed by atoms with van der Waals surface area (Å²) < 4.78 is 6.88. The molecule has 4 rings (SSSR count). The molecule has 0 bridgehead atoms. The molecule has 4 nitrogen and oxygen atoms in total. The van der Waals surface area contributed by atoms with E-state index in [-0.39, 0.29) is 5.76 Å². The molecule has 2 aromatic rings. The minimum atomic E-state index is -0.280. The molecule has 1 spiro atoms. The Balaban J connectivity index is 1.69. The van der Waals surface area contributed by atoms with Gasteiger partial charge in [0.15, 0.2) is 5.58 Å². The summed E-state index contributed by atoms with van der Waals surface area (Å²) in [6.07, 6.45) is 6.37. The number of nitrogens with zero attached hydrogens (tertiary/aromatic N) is 1. The zero-order valence-electron chi connectivity index (χ0n) is 11.8. The van der Waals surface area contributed by atoms with Gasteiger partial charge in [0.25, 0.3) is 0 Å². The lowest BCUT2D eigenvalue weighted by atomic mass is 9.67. The maximum atomic E-state index is 11.6. The Kier molecular flexibility index (Phi) is 2.58. The van der Waals surface area contributed by atoms with Gasteiger partial charge < -0.3 is 9.73 Å². The Morgan fingerprint density at radius 3 is 3.00 bits per heavy atom. The maximum absolute atomic E-state index is 11.6. The number of aromatic nitrogens is 1. The highest BCUT2D eigenvalue weighted by atomic mass is 16.4. The lowest BCUT2D eigenvalue weighted by Gasteiger charge is -2.48. The summed E-state index contributed by atoms with van der Waals surface area (Å²) in [5, 5.41) is 3.70. The van der Waals surface area contributed by atoms with Gasteiger partial charge in [-0.15, -0.1) is 0 Å². The van der Waals surface area contributed by atoms with E-state index in [1.807, 2.05) is 6.07 Å². The third-order valence-electron chi connectivity index (χ3n) is 5.23. The smallest absolute Gasteiger partial charge is 0.408 e. The van der Waals surface area contributed by atoms with Crippen LogP contribution >= 0.6 is 0 Å². The molecule has 2 heterocycles. The average molecular weight is 272 g/mol. The van der Waals surface area contributed by atoms with E-state index < -0.39 is 0 Å². The Morgan fingerprint density at radius 2 is 2.25 bits per heavy atom. The van der Waals surface area contributed by atoms with E-state index in [1.165, 1.54) is 37.7 Å². The van der Waals surface area contributed by atoms with Crippen molar-refractivity contribution in [3.8, 4) is 0 Å². The third-order valence-corrected chi connectivity index (χ3v) is 5.23. The lowest BCUT2D eigenvalue weighted by Crippen LogP contribution is -2.55. The second kappa shape index (κ2) is 4.22. The normalized spacial score (nSPS) is 24.9. The number of fused-ring (bicyclic) bond motifs is 1.